The third-order valence-electron chi connectivity index (χ3n) is 2.31. The minimum atomic E-state index is 0. The van der Waals surface area contributed by atoms with Gasteiger partial charge in [0, 0.05) is 6.04 Å². The van der Waals surface area contributed by atoms with Gasteiger partial charge in [-0.2, -0.15) is 18.0 Å². The molecule has 86 valence electrons. The Bertz CT molecular complexity index is 174. The second kappa shape index (κ2) is 7.02. The van der Waals surface area contributed by atoms with Gasteiger partial charge in [0.2, 0.25) is 0 Å². The Morgan fingerprint density at radius 2 is 1.67 bits per heavy atom. The summed E-state index contributed by atoms with van der Waals surface area (Å²) in [6, 6.07) is 0.409. The van der Waals surface area contributed by atoms with Gasteiger partial charge in [-0.3, -0.25) is 0 Å². The van der Waals surface area contributed by atoms with Gasteiger partial charge < -0.3 is 18.3 Å². The van der Waals surface area contributed by atoms with E-state index in [1.807, 2.05) is 0 Å². The minimum absolute atomic E-state index is 0. The van der Waals surface area contributed by atoms with Crippen LogP contribution in [0.1, 0.15) is 48.0 Å². The van der Waals surface area contributed by atoms with Gasteiger partial charge in [-0.1, -0.05) is 41.5 Å². The summed E-state index contributed by atoms with van der Waals surface area (Å²) in [5, 5.41) is 3.22. The van der Waals surface area contributed by atoms with Crippen LogP contribution in [0.2, 0.25) is 0 Å². The summed E-state index contributed by atoms with van der Waals surface area (Å²) >= 11 is 0. The fraction of sp³-hybridized carbons (Fsp3) is 0.769. The first-order chi connectivity index (χ1) is 6.17. The van der Waals surface area contributed by atoms with Crippen molar-refractivity contribution in [3.05, 3.63) is 19.2 Å². The average molecular weight is 433 g/mol. The van der Waals surface area contributed by atoms with E-state index < -0.39 is 0 Å². The number of rotatable bonds is 4. The molecule has 0 saturated carbocycles. The molecule has 0 aliphatic heterocycles. The second-order valence-electron chi connectivity index (χ2n) is 6.06. The maximum absolute atomic E-state index is 5.42. The van der Waals surface area contributed by atoms with E-state index in [4.69, 9.17) is 6.58 Å². The normalized spacial score (nSPS) is 14.0. The Balaban J connectivity index is 0. The second-order valence-corrected chi connectivity index (χ2v) is 6.06. The van der Waals surface area contributed by atoms with Gasteiger partial charge in [-0.15, -0.1) is 0 Å². The fourth-order valence-corrected chi connectivity index (χ4v) is 1.26. The van der Waals surface area contributed by atoms with E-state index >= 15 is 0 Å². The predicted molar refractivity (Wildman–Crippen MR) is 63.6 cm³/mol. The molecule has 1 atom stereocenters. The fourth-order valence-electron chi connectivity index (χ4n) is 1.26. The summed E-state index contributed by atoms with van der Waals surface area (Å²) < 4.78 is 0. The van der Waals surface area contributed by atoms with Gasteiger partial charge in [0.25, 0.3) is 0 Å². The molecule has 0 saturated heterocycles. The summed E-state index contributed by atoms with van der Waals surface area (Å²) in [5.74, 6) is 0. The molecule has 15 heavy (non-hydrogen) atoms. The molecule has 1 unspecified atom stereocenters. The van der Waals surface area contributed by atoms with Gasteiger partial charge in [-0.25, -0.2) is 0 Å². The topological polar surface area (TPSA) is 12.0 Å². The molecule has 2 heteroatoms. The third kappa shape index (κ3) is 9.52. The maximum atomic E-state index is 5.42. The molecule has 0 radical (unpaired) electrons. The Morgan fingerprint density at radius 1 is 1.20 bits per heavy atom. The number of hydrogen-bond donors (Lipinski definition) is 1. The van der Waals surface area contributed by atoms with Crippen LogP contribution in [-0.2, 0) is 0 Å². The summed E-state index contributed by atoms with van der Waals surface area (Å²) in [4.78, 5) is 0. The van der Waals surface area contributed by atoms with Gasteiger partial charge in [0.05, 0.1) is 0 Å². The number of nitrogens with one attached hydrogen (secondary N) is 1. The van der Waals surface area contributed by atoms with Crippen LogP contribution in [0.3, 0.4) is 0 Å². The molecule has 0 aromatic carbocycles. The van der Waals surface area contributed by atoms with E-state index in [-0.39, 0.29) is 41.9 Å². The van der Waals surface area contributed by atoms with Crippen molar-refractivity contribution in [2.45, 2.75) is 54.0 Å². The smallest absolute Gasteiger partial charge is 0.497 e. The van der Waals surface area contributed by atoms with Crippen LogP contribution in [0.15, 0.2) is 6.20 Å². The van der Waals surface area contributed by atoms with E-state index in [9.17, 15) is 0 Å². The van der Waals surface area contributed by atoms with Crippen LogP contribution >= 0.6 is 0 Å². The van der Waals surface area contributed by atoms with Gasteiger partial charge in [0.15, 0.2) is 0 Å². The minimum Gasteiger partial charge on any atom is -0.497 e. The Hall–Kier alpha value is 0.592. The first-order valence-electron chi connectivity index (χ1n) is 5.30. The van der Waals surface area contributed by atoms with Crippen molar-refractivity contribution in [2.75, 3.05) is 0 Å². The zero-order valence-corrected chi connectivity index (χ0v) is 15.2. The summed E-state index contributed by atoms with van der Waals surface area (Å²) in [5.41, 5.74) is 0.511. The largest absolute Gasteiger partial charge is 2.00 e. The monoisotopic (exact) mass is 433 g/mol. The molecule has 0 heterocycles. The van der Waals surface area contributed by atoms with E-state index in [1.165, 1.54) is 0 Å². The molecule has 0 spiro atoms. The first kappa shape index (κ1) is 18.0. The first-order valence-corrected chi connectivity index (χ1v) is 5.30. The van der Waals surface area contributed by atoms with Crippen molar-refractivity contribution in [2.24, 2.45) is 10.8 Å². The number of hydrogen-bond acceptors (Lipinski definition) is 1. The molecule has 0 aromatic rings. The average Bonchev–Trinajstić information content (AvgIpc) is 1.93. The SMILES string of the molecule is [CH-]=CNC(C[CH-]C(C)(C)C)C(C)(C)C.[U+2]. The Labute approximate surface area is 120 Å². The van der Waals surface area contributed by atoms with E-state index in [0.29, 0.717) is 6.04 Å². The molecule has 1 N–H and O–H groups in total. The van der Waals surface area contributed by atoms with Crippen LogP contribution in [-0.4, -0.2) is 6.04 Å². The maximum Gasteiger partial charge on any atom is 2.00 e. The summed E-state index contributed by atoms with van der Waals surface area (Å²) in [6.07, 6.45) is 4.94. The Kier molecular flexibility index (Phi) is 8.41. The predicted octanol–water partition coefficient (Wildman–Crippen LogP) is 3.58. The van der Waals surface area contributed by atoms with Crippen molar-refractivity contribution < 1.29 is 31.1 Å². The van der Waals surface area contributed by atoms with E-state index in [0.717, 1.165) is 6.42 Å². The molecule has 0 fully saturated rings. The quantitative estimate of drug-likeness (QED) is 0.669. The Morgan fingerprint density at radius 3 is 1.93 bits per heavy atom. The van der Waals surface area contributed by atoms with E-state index in [2.05, 4.69) is 53.3 Å². The van der Waals surface area contributed by atoms with Crippen molar-refractivity contribution in [3.63, 3.8) is 0 Å². The molecule has 0 rings (SSSR count). The van der Waals surface area contributed by atoms with Gasteiger partial charge in [0.1, 0.15) is 0 Å². The molecule has 1 nitrogen and oxygen atoms in total. The van der Waals surface area contributed by atoms with Crippen LogP contribution in [0.25, 0.3) is 0 Å². The standard InChI is InChI=1S/C13H25N.U/c1-8-14-11(13(5,6)7)9-10-12(2,3)4;/h1,8,10-11,14H,9H2,2-7H3;/q-2;+2. The molecular formula is C13H25NU. The van der Waals surface area contributed by atoms with E-state index in [1.54, 1.807) is 6.20 Å². The summed E-state index contributed by atoms with van der Waals surface area (Å²) in [7, 11) is 0. The molecule has 0 aliphatic rings. The summed E-state index contributed by atoms with van der Waals surface area (Å²) in [6.45, 7) is 18.8. The third-order valence-corrected chi connectivity index (χ3v) is 2.31. The zero-order chi connectivity index (χ0) is 11.4. The van der Waals surface area contributed by atoms with Crippen LogP contribution in [0.5, 0.6) is 0 Å². The van der Waals surface area contributed by atoms with Gasteiger partial charge >= 0.3 is 31.1 Å². The van der Waals surface area contributed by atoms with Crippen molar-refractivity contribution in [1.82, 2.24) is 5.32 Å². The van der Waals surface area contributed by atoms with Crippen LogP contribution in [0.4, 0.5) is 0 Å². The zero-order valence-electron chi connectivity index (χ0n) is 11.0. The molecule has 0 bridgehead atoms. The van der Waals surface area contributed by atoms with Crippen molar-refractivity contribution in [3.8, 4) is 0 Å². The van der Waals surface area contributed by atoms with Crippen molar-refractivity contribution in [1.29, 1.82) is 0 Å². The molecule has 0 amide bonds. The molecule has 0 aromatic heterocycles. The van der Waals surface area contributed by atoms with Crippen molar-refractivity contribution >= 4 is 0 Å². The van der Waals surface area contributed by atoms with Gasteiger partial charge in [-0.05, 0) is 5.41 Å². The molecular weight excluding hydrogens is 408 g/mol. The molecule has 0 aliphatic carbocycles. The van der Waals surface area contributed by atoms with Crippen LogP contribution in [0, 0.1) is 54.9 Å². The van der Waals surface area contributed by atoms with Crippen LogP contribution < -0.4 is 5.32 Å².